The van der Waals surface area contributed by atoms with Crippen molar-refractivity contribution in [2.75, 3.05) is 7.05 Å². The minimum Gasteiger partial charge on any atom is -0.298 e. The van der Waals surface area contributed by atoms with Gasteiger partial charge in [-0.05, 0) is 37.8 Å². The van der Waals surface area contributed by atoms with E-state index in [1.165, 1.54) is 31.2 Å². The second-order valence-corrected chi connectivity index (χ2v) is 6.17. The largest absolute Gasteiger partial charge is 0.298 e. The summed E-state index contributed by atoms with van der Waals surface area (Å²) in [5.41, 5.74) is 1.34. The van der Waals surface area contributed by atoms with Crippen LogP contribution >= 0.6 is 0 Å². The molecule has 0 saturated heterocycles. The van der Waals surface area contributed by atoms with Gasteiger partial charge in [0.25, 0.3) is 0 Å². The Labute approximate surface area is 123 Å². The molecule has 0 heterocycles. The Morgan fingerprint density at radius 2 is 2.00 bits per heavy atom. The van der Waals surface area contributed by atoms with Crippen LogP contribution in [0, 0.1) is 23.2 Å². The van der Waals surface area contributed by atoms with Crippen LogP contribution in [0.3, 0.4) is 0 Å². The van der Waals surface area contributed by atoms with E-state index in [9.17, 15) is 5.26 Å². The van der Waals surface area contributed by atoms with Gasteiger partial charge in [-0.2, -0.15) is 5.26 Å². The van der Waals surface area contributed by atoms with Crippen molar-refractivity contribution in [1.29, 1.82) is 5.26 Å². The van der Waals surface area contributed by atoms with Crippen molar-refractivity contribution in [3.05, 3.63) is 35.9 Å². The maximum Gasteiger partial charge on any atom is 0.0672 e. The van der Waals surface area contributed by atoms with E-state index in [0.29, 0.717) is 6.04 Å². The number of rotatable bonds is 5. The highest BCUT2D eigenvalue weighted by Crippen LogP contribution is 2.34. The summed E-state index contributed by atoms with van der Waals surface area (Å²) < 4.78 is 0. The Hall–Kier alpha value is -1.33. The van der Waals surface area contributed by atoms with Gasteiger partial charge < -0.3 is 0 Å². The topological polar surface area (TPSA) is 27.0 Å². The summed E-state index contributed by atoms with van der Waals surface area (Å²) in [7, 11) is 2.18. The third-order valence-corrected chi connectivity index (χ3v) is 4.63. The number of hydrogen-bond donors (Lipinski definition) is 0. The molecule has 0 amide bonds. The van der Waals surface area contributed by atoms with Crippen LogP contribution in [0.25, 0.3) is 0 Å². The molecule has 1 aromatic rings. The average molecular weight is 270 g/mol. The van der Waals surface area contributed by atoms with Crippen molar-refractivity contribution < 1.29 is 0 Å². The smallest absolute Gasteiger partial charge is 0.0672 e. The van der Waals surface area contributed by atoms with Crippen molar-refractivity contribution in [2.45, 2.75) is 51.6 Å². The van der Waals surface area contributed by atoms with Gasteiger partial charge in [0.1, 0.15) is 0 Å². The molecule has 1 aliphatic rings. The van der Waals surface area contributed by atoms with E-state index in [1.54, 1.807) is 0 Å². The molecule has 0 radical (unpaired) electrons. The van der Waals surface area contributed by atoms with E-state index in [-0.39, 0.29) is 5.92 Å². The molecule has 2 nitrogen and oxygen atoms in total. The molecule has 3 atom stereocenters. The summed E-state index contributed by atoms with van der Waals surface area (Å²) in [5, 5.41) is 9.42. The molecule has 0 aromatic heterocycles. The molecule has 3 unspecified atom stereocenters. The number of nitrogens with zero attached hydrogens (tertiary/aromatic N) is 2. The fourth-order valence-electron chi connectivity index (χ4n) is 3.53. The predicted molar refractivity (Wildman–Crippen MR) is 83.0 cm³/mol. The Balaban J connectivity index is 2.01. The summed E-state index contributed by atoms with van der Waals surface area (Å²) in [4.78, 5) is 2.39. The highest BCUT2D eigenvalue weighted by molar-refractivity contribution is 5.14. The quantitative estimate of drug-likeness (QED) is 0.800. The van der Waals surface area contributed by atoms with Crippen molar-refractivity contribution in [1.82, 2.24) is 4.90 Å². The van der Waals surface area contributed by atoms with Crippen LogP contribution in [0.15, 0.2) is 30.3 Å². The van der Waals surface area contributed by atoms with Gasteiger partial charge in [0.15, 0.2) is 0 Å². The highest BCUT2D eigenvalue weighted by Gasteiger charge is 2.32. The van der Waals surface area contributed by atoms with Gasteiger partial charge in [-0.15, -0.1) is 0 Å². The fraction of sp³-hybridized carbons (Fsp3) is 0.611. The molecular formula is C18H26N2. The number of hydrogen-bond acceptors (Lipinski definition) is 2. The third-order valence-electron chi connectivity index (χ3n) is 4.63. The molecule has 0 N–H and O–H groups in total. The summed E-state index contributed by atoms with van der Waals surface area (Å²) in [6, 6.07) is 13.5. The zero-order valence-corrected chi connectivity index (χ0v) is 12.8. The van der Waals surface area contributed by atoms with E-state index in [1.807, 2.05) is 0 Å². The van der Waals surface area contributed by atoms with Gasteiger partial charge in [-0.1, -0.05) is 50.1 Å². The van der Waals surface area contributed by atoms with Crippen LogP contribution < -0.4 is 0 Å². The molecule has 0 spiro atoms. The lowest BCUT2D eigenvalue weighted by molar-refractivity contribution is 0.116. The monoisotopic (exact) mass is 270 g/mol. The van der Waals surface area contributed by atoms with Crippen LogP contribution in [-0.4, -0.2) is 18.0 Å². The molecule has 0 aliphatic heterocycles. The minimum atomic E-state index is 0.205. The Kier molecular flexibility index (Phi) is 5.61. The lowest BCUT2D eigenvalue weighted by atomic mass is 9.76. The standard InChI is InChI=1S/C18H26N2/c1-3-7-15-10-11-17(13-19)18(12-15)20(2)14-16-8-5-4-6-9-16/h4-6,8-9,15,17-18H,3,7,10-12,14H2,1-2H3. The molecule has 1 aromatic carbocycles. The normalized spacial score (nSPS) is 26.4. The molecule has 2 rings (SSSR count). The van der Waals surface area contributed by atoms with Gasteiger partial charge >= 0.3 is 0 Å². The second kappa shape index (κ2) is 7.45. The van der Waals surface area contributed by atoms with Gasteiger partial charge in [-0.3, -0.25) is 4.90 Å². The van der Waals surface area contributed by atoms with E-state index in [0.717, 1.165) is 18.9 Å². The summed E-state index contributed by atoms with van der Waals surface area (Å²) >= 11 is 0. The number of nitriles is 1. The lowest BCUT2D eigenvalue weighted by Gasteiger charge is -2.38. The van der Waals surface area contributed by atoms with Crippen LogP contribution in [0.2, 0.25) is 0 Å². The first kappa shape index (κ1) is 15.1. The van der Waals surface area contributed by atoms with Crippen LogP contribution in [-0.2, 0) is 6.54 Å². The molecule has 1 aliphatic carbocycles. The summed E-state index contributed by atoms with van der Waals surface area (Å²) in [6.07, 6.45) is 6.08. The first-order chi connectivity index (χ1) is 9.74. The van der Waals surface area contributed by atoms with E-state index >= 15 is 0 Å². The molecule has 108 valence electrons. The first-order valence-electron chi connectivity index (χ1n) is 7.88. The molecule has 1 fully saturated rings. The fourth-order valence-corrected chi connectivity index (χ4v) is 3.53. The van der Waals surface area contributed by atoms with E-state index in [2.05, 4.69) is 55.3 Å². The highest BCUT2D eigenvalue weighted by atomic mass is 15.1. The van der Waals surface area contributed by atoms with Crippen molar-refractivity contribution >= 4 is 0 Å². The van der Waals surface area contributed by atoms with Crippen molar-refractivity contribution in [3.8, 4) is 6.07 Å². The molecule has 0 bridgehead atoms. The minimum absolute atomic E-state index is 0.205. The zero-order valence-electron chi connectivity index (χ0n) is 12.8. The van der Waals surface area contributed by atoms with E-state index in [4.69, 9.17) is 0 Å². The van der Waals surface area contributed by atoms with Gasteiger partial charge in [-0.25, -0.2) is 0 Å². The molecule has 20 heavy (non-hydrogen) atoms. The molecule has 1 saturated carbocycles. The van der Waals surface area contributed by atoms with Crippen LogP contribution in [0.5, 0.6) is 0 Å². The van der Waals surface area contributed by atoms with Gasteiger partial charge in [0, 0.05) is 12.6 Å². The SMILES string of the molecule is CCCC1CCC(C#N)C(N(C)Cc2ccccc2)C1. The van der Waals surface area contributed by atoms with Gasteiger partial charge in [0.05, 0.1) is 12.0 Å². The van der Waals surface area contributed by atoms with Crippen molar-refractivity contribution in [3.63, 3.8) is 0 Å². The van der Waals surface area contributed by atoms with Crippen molar-refractivity contribution in [2.24, 2.45) is 11.8 Å². The molecule has 2 heteroatoms. The summed E-state index contributed by atoms with van der Waals surface area (Å²) in [6.45, 7) is 3.21. The Bertz CT molecular complexity index is 434. The maximum atomic E-state index is 9.42. The average Bonchev–Trinajstić information content (AvgIpc) is 2.48. The maximum absolute atomic E-state index is 9.42. The molecular weight excluding hydrogens is 244 g/mol. The van der Waals surface area contributed by atoms with Crippen LogP contribution in [0.1, 0.15) is 44.6 Å². The second-order valence-electron chi connectivity index (χ2n) is 6.17. The first-order valence-corrected chi connectivity index (χ1v) is 7.88. The third kappa shape index (κ3) is 3.84. The predicted octanol–water partition coefficient (Wildman–Crippen LogP) is 4.23. The Morgan fingerprint density at radius 3 is 2.65 bits per heavy atom. The number of benzene rings is 1. The van der Waals surface area contributed by atoms with Crippen LogP contribution in [0.4, 0.5) is 0 Å². The van der Waals surface area contributed by atoms with E-state index < -0.39 is 0 Å². The zero-order chi connectivity index (χ0) is 14.4. The lowest BCUT2D eigenvalue weighted by Crippen LogP contribution is -2.41. The van der Waals surface area contributed by atoms with Gasteiger partial charge in [0.2, 0.25) is 0 Å². The summed E-state index contributed by atoms with van der Waals surface area (Å²) in [5.74, 6) is 1.02. The Morgan fingerprint density at radius 1 is 1.25 bits per heavy atom.